The van der Waals surface area contributed by atoms with Crippen molar-refractivity contribution in [1.29, 1.82) is 0 Å². The number of Topliss-reactive ketones (excluding diaryl/α,β-unsaturated/α-hetero) is 1. The second kappa shape index (κ2) is 9.38. The Labute approximate surface area is 230 Å². The molecule has 1 aliphatic carbocycles. The number of rotatable bonds is 7. The molecule has 2 aliphatic rings. The molecule has 5 heterocycles. The molecular weight excluding hydrogens is 540 g/mol. The number of amides is 1. The summed E-state index contributed by atoms with van der Waals surface area (Å²) in [6, 6.07) is 4.02. The summed E-state index contributed by atoms with van der Waals surface area (Å²) < 4.78 is 30.3. The molecule has 4 aromatic rings. The lowest BCUT2D eigenvalue weighted by Gasteiger charge is -2.20. The number of nitrogens with one attached hydrogen (secondary N) is 1. The van der Waals surface area contributed by atoms with E-state index in [1.54, 1.807) is 30.0 Å². The largest absolute Gasteiger partial charge is 0.354 e. The second-order valence-electron chi connectivity index (χ2n) is 10.4. The molecule has 1 amide bonds. The smallest absolute Gasteiger partial charge is 0.332 e. The Morgan fingerprint density at radius 1 is 1.10 bits per heavy atom. The summed E-state index contributed by atoms with van der Waals surface area (Å²) in [4.78, 5) is 69.6. The number of anilines is 2. The zero-order valence-corrected chi connectivity index (χ0v) is 22.3. The number of ketones is 1. The van der Waals surface area contributed by atoms with Crippen molar-refractivity contribution in [3.05, 3.63) is 57.8 Å². The number of piperidine rings is 1. The van der Waals surface area contributed by atoms with Crippen LogP contribution in [0.4, 0.5) is 20.4 Å². The van der Waals surface area contributed by atoms with Crippen molar-refractivity contribution in [3.8, 4) is 11.4 Å². The van der Waals surface area contributed by atoms with Gasteiger partial charge >= 0.3 is 5.69 Å². The summed E-state index contributed by atoms with van der Waals surface area (Å²) in [6.45, 7) is 2.92. The van der Waals surface area contributed by atoms with Gasteiger partial charge in [0.1, 0.15) is 29.2 Å². The van der Waals surface area contributed by atoms with Gasteiger partial charge in [-0.05, 0) is 26.0 Å². The number of aromatic nitrogens is 7. The minimum absolute atomic E-state index is 0.00657. The van der Waals surface area contributed by atoms with E-state index in [9.17, 15) is 28.0 Å². The lowest BCUT2D eigenvalue weighted by Crippen LogP contribution is -2.41. The van der Waals surface area contributed by atoms with Crippen LogP contribution in [-0.4, -0.2) is 64.3 Å². The molecule has 1 unspecified atom stereocenters. The fraction of sp³-hybridized carbons (Fsp3) is 0.385. The third-order valence-corrected chi connectivity index (χ3v) is 7.66. The number of aryl methyl sites for hydroxylation is 1. The van der Waals surface area contributed by atoms with E-state index in [-0.39, 0.29) is 35.9 Å². The molecule has 212 valence electrons. The van der Waals surface area contributed by atoms with Gasteiger partial charge in [-0.2, -0.15) is 0 Å². The maximum Gasteiger partial charge on any atom is 0.332 e. The molecule has 1 saturated heterocycles. The van der Waals surface area contributed by atoms with Crippen LogP contribution in [0.15, 0.2) is 46.5 Å². The fourth-order valence-electron chi connectivity index (χ4n) is 5.26. The lowest BCUT2D eigenvalue weighted by molar-refractivity contribution is -0.119. The van der Waals surface area contributed by atoms with Crippen LogP contribution >= 0.6 is 0 Å². The molecule has 2 fully saturated rings. The van der Waals surface area contributed by atoms with Gasteiger partial charge in [-0.25, -0.2) is 33.5 Å². The summed E-state index contributed by atoms with van der Waals surface area (Å²) in [5.41, 5.74) is -0.456. The number of fused-ring (bicyclic) bond motifs is 2. The number of imidazole rings is 1. The standard InChI is InChI=1S/C26H25F2N9O4/c1-13(38)9-36-24(40)21-22(34(3)25(36)41)31-12-37(21)14(2)23(39)33-19-6-4-5-17(32-19)18-7-30-20(8-29-18)35-10-15-16(11-35)26(15,27)28/h4-8,12,14-16H,9-11H2,1-3H3,(H,32,33,39)/t14-,15-,16?/m0/s1. The van der Waals surface area contributed by atoms with Gasteiger partial charge in [0.25, 0.3) is 11.5 Å². The number of alkyl halides is 2. The molecule has 0 bridgehead atoms. The molecule has 1 saturated carbocycles. The van der Waals surface area contributed by atoms with Crippen molar-refractivity contribution in [2.75, 3.05) is 23.3 Å². The van der Waals surface area contributed by atoms with Gasteiger partial charge in [-0.15, -0.1) is 0 Å². The first kappa shape index (κ1) is 26.4. The Balaban J connectivity index is 1.20. The van der Waals surface area contributed by atoms with Crippen molar-refractivity contribution in [2.45, 2.75) is 32.4 Å². The van der Waals surface area contributed by atoms with Crippen molar-refractivity contribution in [3.63, 3.8) is 0 Å². The molecule has 4 aromatic heterocycles. The number of carbonyl (C=O) groups is 2. The maximum absolute atomic E-state index is 13.5. The van der Waals surface area contributed by atoms with E-state index >= 15 is 0 Å². The van der Waals surface area contributed by atoms with E-state index in [1.165, 1.54) is 37.3 Å². The van der Waals surface area contributed by atoms with Crippen molar-refractivity contribution >= 4 is 34.5 Å². The zero-order valence-electron chi connectivity index (χ0n) is 22.3. The molecule has 3 atom stereocenters. The van der Waals surface area contributed by atoms with Crippen molar-refractivity contribution < 1.29 is 18.4 Å². The zero-order chi connectivity index (χ0) is 29.2. The number of pyridine rings is 1. The molecule has 1 N–H and O–H groups in total. The topological polar surface area (TPSA) is 150 Å². The van der Waals surface area contributed by atoms with Crippen LogP contribution in [0, 0.1) is 11.8 Å². The Hall–Kier alpha value is -4.82. The minimum atomic E-state index is -2.58. The first-order chi connectivity index (χ1) is 19.5. The molecule has 13 nitrogen and oxygen atoms in total. The predicted molar refractivity (Wildman–Crippen MR) is 143 cm³/mol. The quantitative estimate of drug-likeness (QED) is 0.349. The summed E-state index contributed by atoms with van der Waals surface area (Å²) >= 11 is 0. The van der Waals surface area contributed by atoms with Gasteiger partial charge in [0, 0.05) is 20.1 Å². The van der Waals surface area contributed by atoms with Crippen LogP contribution < -0.4 is 21.5 Å². The average molecular weight is 566 g/mol. The Kier molecular flexibility index (Phi) is 6.04. The SMILES string of the molecule is CC(=O)Cn1c(=O)c2c(ncn2[C@@H](C)C(=O)Nc2cccc(-c3cnc(N4CC5[C@H](C4)C5(F)F)cn3)n2)n(C)c1=O. The number of hydrogen-bond donors (Lipinski definition) is 1. The normalized spacial score (nSPS) is 19.7. The molecule has 0 aromatic carbocycles. The van der Waals surface area contributed by atoms with E-state index in [4.69, 9.17) is 0 Å². The average Bonchev–Trinajstić information content (AvgIpc) is 3.38. The molecule has 6 rings (SSSR count). The summed E-state index contributed by atoms with van der Waals surface area (Å²) in [5.74, 6) is -3.97. The van der Waals surface area contributed by atoms with Crippen molar-refractivity contribution in [2.24, 2.45) is 18.9 Å². The van der Waals surface area contributed by atoms with E-state index in [0.29, 0.717) is 17.2 Å². The van der Waals surface area contributed by atoms with Gasteiger partial charge in [0.2, 0.25) is 5.91 Å². The summed E-state index contributed by atoms with van der Waals surface area (Å²) in [7, 11) is 1.43. The van der Waals surface area contributed by atoms with Crippen LogP contribution in [0.2, 0.25) is 0 Å². The number of halogens is 2. The van der Waals surface area contributed by atoms with Crippen LogP contribution in [0.3, 0.4) is 0 Å². The monoisotopic (exact) mass is 565 g/mol. The summed E-state index contributed by atoms with van der Waals surface area (Å²) in [5, 5.41) is 2.71. The molecule has 41 heavy (non-hydrogen) atoms. The van der Waals surface area contributed by atoms with Gasteiger partial charge in [0.15, 0.2) is 11.2 Å². The van der Waals surface area contributed by atoms with Crippen LogP contribution in [-0.2, 0) is 23.2 Å². The van der Waals surface area contributed by atoms with Crippen LogP contribution in [0.1, 0.15) is 19.9 Å². The van der Waals surface area contributed by atoms with Crippen LogP contribution in [0.5, 0.6) is 0 Å². The minimum Gasteiger partial charge on any atom is -0.354 e. The second-order valence-corrected chi connectivity index (χ2v) is 10.4. The van der Waals surface area contributed by atoms with E-state index in [0.717, 1.165) is 9.13 Å². The first-order valence-electron chi connectivity index (χ1n) is 12.9. The molecule has 0 radical (unpaired) electrons. The van der Waals surface area contributed by atoms with E-state index in [2.05, 4.69) is 25.3 Å². The lowest BCUT2D eigenvalue weighted by atomic mass is 10.2. The highest BCUT2D eigenvalue weighted by molar-refractivity contribution is 5.93. The Morgan fingerprint density at radius 3 is 2.49 bits per heavy atom. The van der Waals surface area contributed by atoms with Crippen LogP contribution in [0.25, 0.3) is 22.6 Å². The highest BCUT2D eigenvalue weighted by Crippen LogP contribution is 2.59. The molecule has 0 spiro atoms. The highest BCUT2D eigenvalue weighted by Gasteiger charge is 2.71. The maximum atomic E-state index is 13.5. The number of nitrogens with zero attached hydrogens (tertiary/aromatic N) is 8. The highest BCUT2D eigenvalue weighted by atomic mass is 19.3. The van der Waals surface area contributed by atoms with Gasteiger partial charge in [-0.3, -0.25) is 23.5 Å². The Bertz CT molecular complexity index is 1820. The Morgan fingerprint density at radius 2 is 1.83 bits per heavy atom. The third-order valence-electron chi connectivity index (χ3n) is 7.66. The third kappa shape index (κ3) is 4.37. The van der Waals surface area contributed by atoms with Gasteiger partial charge in [-0.1, -0.05) is 6.07 Å². The number of hydrogen-bond acceptors (Lipinski definition) is 9. The fourth-order valence-corrected chi connectivity index (χ4v) is 5.26. The molecular formula is C26H25F2N9O4. The van der Waals surface area contributed by atoms with E-state index in [1.807, 2.05) is 0 Å². The molecule has 15 heteroatoms. The van der Waals surface area contributed by atoms with Crippen molar-refractivity contribution in [1.82, 2.24) is 33.6 Å². The predicted octanol–water partition coefficient (Wildman–Crippen LogP) is 1.24. The van der Waals surface area contributed by atoms with Gasteiger partial charge in [0.05, 0.1) is 42.8 Å². The van der Waals surface area contributed by atoms with E-state index < -0.39 is 47.5 Å². The van der Waals surface area contributed by atoms with Gasteiger partial charge < -0.3 is 14.8 Å². The molecule has 1 aliphatic heterocycles. The summed E-state index contributed by atoms with van der Waals surface area (Å²) in [6.07, 6.45) is 4.31. The number of carbonyl (C=O) groups excluding carboxylic acids is 2. The first-order valence-corrected chi connectivity index (χ1v) is 12.9.